The number of nitrogens with zero attached hydrogens (tertiary/aromatic N) is 3. The third kappa shape index (κ3) is 4.28. The summed E-state index contributed by atoms with van der Waals surface area (Å²) < 4.78 is 26.4. The van der Waals surface area contributed by atoms with E-state index in [1.54, 1.807) is 4.90 Å². The monoisotopic (exact) mass is 314 g/mol. The number of hydrogen-bond donors (Lipinski definition) is 1. The van der Waals surface area contributed by atoms with Crippen molar-refractivity contribution in [3.63, 3.8) is 0 Å². The van der Waals surface area contributed by atoms with E-state index in [1.807, 2.05) is 24.7 Å². The summed E-state index contributed by atoms with van der Waals surface area (Å²) >= 11 is 0. The first-order chi connectivity index (χ1) is 9.76. The smallest absolute Gasteiger partial charge is 0.237 e. The van der Waals surface area contributed by atoms with E-state index in [0.29, 0.717) is 13.1 Å². The van der Waals surface area contributed by atoms with Crippen molar-refractivity contribution in [2.45, 2.75) is 25.7 Å². The van der Waals surface area contributed by atoms with E-state index >= 15 is 0 Å². The Bertz CT molecular complexity index is 623. The highest BCUT2D eigenvalue weighted by Crippen LogP contribution is 2.26. The van der Waals surface area contributed by atoms with Gasteiger partial charge >= 0.3 is 0 Å². The summed E-state index contributed by atoms with van der Waals surface area (Å²) in [6.07, 6.45) is 4.92. The van der Waals surface area contributed by atoms with E-state index in [-0.39, 0.29) is 18.4 Å². The average molecular weight is 314 g/mol. The van der Waals surface area contributed by atoms with E-state index in [4.69, 9.17) is 0 Å². The highest BCUT2D eigenvalue weighted by Gasteiger charge is 2.27. The van der Waals surface area contributed by atoms with Crippen LogP contribution in [0.3, 0.4) is 0 Å². The van der Waals surface area contributed by atoms with E-state index in [1.165, 1.54) is 0 Å². The average Bonchev–Trinajstić information content (AvgIpc) is 2.74. The van der Waals surface area contributed by atoms with Crippen LogP contribution in [0.4, 0.5) is 0 Å². The number of rotatable bonds is 4. The number of aryl methyl sites for hydroxylation is 2. The molecule has 21 heavy (non-hydrogen) atoms. The van der Waals surface area contributed by atoms with Crippen LogP contribution in [0.15, 0.2) is 6.20 Å². The summed E-state index contributed by atoms with van der Waals surface area (Å²) in [7, 11) is -1.38. The van der Waals surface area contributed by atoms with Gasteiger partial charge in [0.25, 0.3) is 0 Å². The van der Waals surface area contributed by atoms with E-state index < -0.39 is 10.0 Å². The minimum atomic E-state index is -3.34. The lowest BCUT2D eigenvalue weighted by Crippen LogP contribution is -2.44. The molecule has 0 saturated carbocycles. The molecule has 1 aliphatic heterocycles. The lowest BCUT2D eigenvalue weighted by atomic mass is 9.97. The molecule has 2 heterocycles. The van der Waals surface area contributed by atoms with Gasteiger partial charge in [-0.2, -0.15) is 0 Å². The third-order valence-corrected chi connectivity index (χ3v) is 4.33. The molecule has 1 saturated heterocycles. The molecule has 1 amide bonds. The van der Waals surface area contributed by atoms with Crippen LogP contribution in [0.1, 0.15) is 30.3 Å². The Morgan fingerprint density at radius 3 is 2.81 bits per heavy atom. The van der Waals surface area contributed by atoms with Crippen LogP contribution in [0.2, 0.25) is 0 Å². The zero-order chi connectivity index (χ0) is 15.6. The Hall–Kier alpha value is -1.41. The van der Waals surface area contributed by atoms with Gasteiger partial charge in [0.2, 0.25) is 15.9 Å². The molecular weight excluding hydrogens is 292 g/mol. The summed E-state index contributed by atoms with van der Waals surface area (Å²) in [5.41, 5.74) is 0.967. The van der Waals surface area contributed by atoms with Crippen molar-refractivity contribution in [2.24, 2.45) is 7.05 Å². The van der Waals surface area contributed by atoms with Gasteiger partial charge in [-0.25, -0.2) is 18.1 Å². The van der Waals surface area contributed by atoms with Crippen molar-refractivity contribution in [2.75, 3.05) is 25.9 Å². The molecule has 0 aliphatic carbocycles. The highest BCUT2D eigenvalue weighted by molar-refractivity contribution is 7.88. The minimum Gasteiger partial charge on any atom is -0.341 e. The predicted octanol–water partition coefficient (Wildman–Crippen LogP) is -0.0163. The first-order valence-electron chi connectivity index (χ1n) is 6.98. The molecule has 1 aromatic rings. The Morgan fingerprint density at radius 2 is 2.24 bits per heavy atom. The molecule has 1 aromatic heterocycles. The number of likely N-dealkylation sites (tertiary alicyclic amines) is 1. The standard InChI is InChI=1S/C13H22N4O3S/c1-10-8-16(2)13(15-10)11-5-4-6-17(9-11)12(18)7-14-21(3,19)20/h8,11,14H,4-7,9H2,1-3H3. The summed E-state index contributed by atoms with van der Waals surface area (Å²) in [6, 6.07) is 0. The van der Waals surface area contributed by atoms with Crippen molar-refractivity contribution in [3.05, 3.63) is 17.7 Å². The third-order valence-electron chi connectivity index (χ3n) is 3.66. The lowest BCUT2D eigenvalue weighted by Gasteiger charge is -2.32. The summed E-state index contributed by atoms with van der Waals surface area (Å²) in [6.45, 7) is 3.04. The SMILES string of the molecule is Cc1cn(C)c(C2CCCN(C(=O)CNS(C)(=O)=O)C2)n1. The highest BCUT2D eigenvalue weighted by atomic mass is 32.2. The van der Waals surface area contributed by atoms with Gasteiger partial charge in [-0.15, -0.1) is 0 Å². The van der Waals surface area contributed by atoms with Crippen LogP contribution in [-0.2, 0) is 21.9 Å². The zero-order valence-corrected chi connectivity index (χ0v) is 13.5. The Labute approximate surface area is 125 Å². The number of amides is 1. The molecular formula is C13H22N4O3S. The molecule has 0 aromatic carbocycles. The summed E-state index contributed by atoms with van der Waals surface area (Å²) in [5.74, 6) is 1.01. The predicted molar refractivity (Wildman–Crippen MR) is 79.3 cm³/mol. The van der Waals surface area contributed by atoms with Crippen LogP contribution < -0.4 is 4.72 Å². The van der Waals surface area contributed by atoms with Gasteiger partial charge in [-0.1, -0.05) is 0 Å². The first-order valence-corrected chi connectivity index (χ1v) is 8.87. The number of hydrogen-bond acceptors (Lipinski definition) is 4. The van der Waals surface area contributed by atoms with E-state index in [0.717, 1.165) is 30.6 Å². The van der Waals surface area contributed by atoms with Gasteiger partial charge in [-0.3, -0.25) is 4.79 Å². The van der Waals surface area contributed by atoms with Crippen molar-refractivity contribution >= 4 is 15.9 Å². The normalized spacial score (nSPS) is 19.8. The van der Waals surface area contributed by atoms with Crippen LogP contribution in [0, 0.1) is 6.92 Å². The molecule has 118 valence electrons. The zero-order valence-electron chi connectivity index (χ0n) is 12.7. The molecule has 8 heteroatoms. The van der Waals surface area contributed by atoms with Crippen molar-refractivity contribution in [3.8, 4) is 0 Å². The second kappa shape index (κ2) is 6.15. The fourth-order valence-corrected chi connectivity index (χ4v) is 3.12. The minimum absolute atomic E-state index is 0.175. The second-order valence-corrected chi connectivity index (χ2v) is 7.46. The van der Waals surface area contributed by atoms with Crippen LogP contribution in [0.25, 0.3) is 0 Å². The maximum atomic E-state index is 12.1. The second-order valence-electron chi connectivity index (χ2n) is 5.62. The Morgan fingerprint density at radius 1 is 1.52 bits per heavy atom. The molecule has 1 N–H and O–H groups in total. The van der Waals surface area contributed by atoms with E-state index in [2.05, 4.69) is 9.71 Å². The van der Waals surface area contributed by atoms with Gasteiger partial charge in [0.15, 0.2) is 0 Å². The number of sulfonamides is 1. The molecule has 1 unspecified atom stereocenters. The molecule has 1 atom stereocenters. The van der Waals surface area contributed by atoms with Crippen LogP contribution >= 0.6 is 0 Å². The van der Waals surface area contributed by atoms with Crippen LogP contribution in [0.5, 0.6) is 0 Å². The molecule has 2 rings (SSSR count). The van der Waals surface area contributed by atoms with Crippen molar-refractivity contribution < 1.29 is 13.2 Å². The fraction of sp³-hybridized carbons (Fsp3) is 0.692. The summed E-state index contributed by atoms with van der Waals surface area (Å²) in [5, 5.41) is 0. The number of carbonyl (C=O) groups is 1. The Kier molecular flexibility index (Phi) is 4.67. The molecule has 7 nitrogen and oxygen atoms in total. The topological polar surface area (TPSA) is 84.3 Å². The van der Waals surface area contributed by atoms with Crippen LogP contribution in [-0.4, -0.2) is 54.7 Å². The van der Waals surface area contributed by atoms with Crippen molar-refractivity contribution in [1.29, 1.82) is 0 Å². The quantitative estimate of drug-likeness (QED) is 0.847. The largest absolute Gasteiger partial charge is 0.341 e. The molecule has 1 aliphatic rings. The lowest BCUT2D eigenvalue weighted by molar-refractivity contribution is -0.131. The number of carbonyl (C=O) groups excluding carboxylic acids is 1. The van der Waals surface area contributed by atoms with Gasteiger partial charge in [0.1, 0.15) is 5.82 Å². The number of aromatic nitrogens is 2. The maximum Gasteiger partial charge on any atom is 0.237 e. The number of piperidine rings is 1. The molecule has 1 fully saturated rings. The van der Waals surface area contributed by atoms with Crippen molar-refractivity contribution in [1.82, 2.24) is 19.2 Å². The molecule has 0 spiro atoms. The van der Waals surface area contributed by atoms with Gasteiger partial charge < -0.3 is 9.47 Å². The van der Waals surface area contributed by atoms with E-state index in [9.17, 15) is 13.2 Å². The first kappa shape index (κ1) is 16.0. The van der Waals surface area contributed by atoms with Gasteiger partial charge in [0, 0.05) is 32.3 Å². The number of imidazole rings is 1. The molecule has 0 bridgehead atoms. The summed E-state index contributed by atoms with van der Waals surface area (Å²) in [4.78, 5) is 18.3. The number of nitrogens with one attached hydrogen (secondary N) is 1. The Balaban J connectivity index is 2.00. The van der Waals surface area contributed by atoms with Gasteiger partial charge in [0.05, 0.1) is 18.5 Å². The van der Waals surface area contributed by atoms with Gasteiger partial charge in [-0.05, 0) is 19.8 Å². The fourth-order valence-electron chi connectivity index (χ4n) is 2.73. The maximum absolute atomic E-state index is 12.1. The molecule has 0 radical (unpaired) electrons.